The molecule has 1 aliphatic rings. The molecule has 1 heterocycles. The summed E-state index contributed by atoms with van der Waals surface area (Å²) in [7, 11) is 0. The Morgan fingerprint density at radius 3 is 2.70 bits per heavy atom. The van der Waals surface area contributed by atoms with E-state index in [1.54, 1.807) is 12.1 Å². The molecule has 1 N–H and O–H groups in total. The molecule has 0 aromatic heterocycles. The first-order valence-electron chi connectivity index (χ1n) is 6.06. The second-order valence-electron chi connectivity index (χ2n) is 4.53. The van der Waals surface area contributed by atoms with Crippen molar-refractivity contribution in [3.05, 3.63) is 28.2 Å². The number of likely N-dealkylation sites (tertiary alicyclic amines) is 1. The van der Waals surface area contributed by atoms with Crippen molar-refractivity contribution in [2.45, 2.75) is 6.42 Å². The Morgan fingerprint density at radius 2 is 2.10 bits per heavy atom. The minimum absolute atomic E-state index is 0.149. The Hall–Kier alpha value is -1.46. The first-order valence-corrected chi connectivity index (χ1v) is 6.81. The predicted molar refractivity (Wildman–Crippen MR) is 74.3 cm³/mol. The van der Waals surface area contributed by atoms with Gasteiger partial charge in [0.2, 0.25) is 0 Å². The molecule has 7 heteroatoms. The van der Waals surface area contributed by atoms with E-state index >= 15 is 0 Å². The van der Waals surface area contributed by atoms with Crippen LogP contribution in [-0.4, -0.2) is 41.6 Å². The van der Waals surface area contributed by atoms with Crippen LogP contribution in [0.25, 0.3) is 0 Å². The molecule has 0 radical (unpaired) electrons. The molecule has 1 amide bonds. The van der Waals surface area contributed by atoms with Crippen LogP contribution in [0, 0.1) is 5.92 Å². The number of rotatable bonds is 4. The highest BCUT2D eigenvalue weighted by Gasteiger charge is 2.30. The molecule has 1 aliphatic heterocycles. The normalized spacial score (nSPS) is 18.1. The van der Waals surface area contributed by atoms with Crippen molar-refractivity contribution in [1.29, 1.82) is 0 Å². The molecule has 0 spiro atoms. The summed E-state index contributed by atoms with van der Waals surface area (Å²) in [6.45, 7) is 0.531. The van der Waals surface area contributed by atoms with Crippen molar-refractivity contribution >= 4 is 35.1 Å². The molecule has 0 saturated carbocycles. The summed E-state index contributed by atoms with van der Waals surface area (Å²) < 4.78 is 5.33. The molecule has 0 aliphatic carbocycles. The van der Waals surface area contributed by atoms with Crippen LogP contribution in [0.5, 0.6) is 5.75 Å². The zero-order chi connectivity index (χ0) is 14.7. The highest BCUT2D eigenvalue weighted by atomic mass is 35.5. The third-order valence-corrected chi connectivity index (χ3v) is 3.88. The van der Waals surface area contributed by atoms with E-state index in [2.05, 4.69) is 0 Å². The number of benzene rings is 1. The van der Waals surface area contributed by atoms with Gasteiger partial charge in [-0.1, -0.05) is 23.2 Å². The predicted octanol–water partition coefficient (Wildman–Crippen LogP) is 2.31. The van der Waals surface area contributed by atoms with Crippen LogP contribution in [0.4, 0.5) is 0 Å². The number of amides is 1. The zero-order valence-corrected chi connectivity index (χ0v) is 12.0. The fourth-order valence-electron chi connectivity index (χ4n) is 1.99. The summed E-state index contributed by atoms with van der Waals surface area (Å²) in [5.41, 5.74) is 0. The van der Waals surface area contributed by atoms with Crippen LogP contribution < -0.4 is 4.74 Å². The molecule has 1 aromatic rings. The average molecular weight is 318 g/mol. The Kier molecular flexibility index (Phi) is 4.73. The van der Waals surface area contributed by atoms with Crippen molar-refractivity contribution in [2.24, 2.45) is 5.92 Å². The quantitative estimate of drug-likeness (QED) is 0.925. The highest BCUT2D eigenvalue weighted by Crippen LogP contribution is 2.26. The molecule has 1 atom stereocenters. The Labute approximate surface area is 126 Å². The lowest BCUT2D eigenvalue weighted by molar-refractivity contribution is -0.141. The number of nitrogens with zero attached hydrogens (tertiary/aromatic N) is 1. The lowest BCUT2D eigenvalue weighted by Crippen LogP contribution is -2.33. The number of carbonyl (C=O) groups is 2. The van der Waals surface area contributed by atoms with Gasteiger partial charge in [-0.15, -0.1) is 0 Å². The van der Waals surface area contributed by atoms with Gasteiger partial charge in [-0.25, -0.2) is 0 Å². The van der Waals surface area contributed by atoms with Crippen molar-refractivity contribution < 1.29 is 19.4 Å². The number of ether oxygens (including phenoxy) is 1. The zero-order valence-electron chi connectivity index (χ0n) is 10.5. The largest absolute Gasteiger partial charge is 0.484 e. The highest BCUT2D eigenvalue weighted by molar-refractivity contribution is 6.42. The third-order valence-electron chi connectivity index (χ3n) is 3.14. The van der Waals surface area contributed by atoms with Crippen molar-refractivity contribution in [1.82, 2.24) is 4.90 Å². The number of hydrogen-bond acceptors (Lipinski definition) is 3. The van der Waals surface area contributed by atoms with Gasteiger partial charge in [-0.3, -0.25) is 9.59 Å². The second kappa shape index (κ2) is 6.33. The number of halogens is 2. The molecule has 1 aromatic carbocycles. The number of carboxylic acid groups (broad SMARTS) is 1. The maximum Gasteiger partial charge on any atom is 0.308 e. The number of aliphatic carboxylic acids is 1. The van der Waals surface area contributed by atoms with Crippen molar-refractivity contribution in [2.75, 3.05) is 19.7 Å². The van der Waals surface area contributed by atoms with Crippen molar-refractivity contribution in [3.8, 4) is 5.75 Å². The maximum atomic E-state index is 11.9. The molecule has 2 rings (SSSR count). The molecular formula is C13H13Cl2NO4. The first kappa shape index (κ1) is 14.9. The monoisotopic (exact) mass is 317 g/mol. The van der Waals surface area contributed by atoms with Crippen LogP contribution in [0.2, 0.25) is 10.0 Å². The number of carboxylic acids is 1. The van der Waals surface area contributed by atoms with Gasteiger partial charge in [0, 0.05) is 19.2 Å². The smallest absolute Gasteiger partial charge is 0.308 e. The van der Waals surface area contributed by atoms with Gasteiger partial charge in [0.1, 0.15) is 5.75 Å². The van der Waals surface area contributed by atoms with Crippen molar-refractivity contribution in [3.63, 3.8) is 0 Å². The molecule has 5 nitrogen and oxygen atoms in total. The second-order valence-corrected chi connectivity index (χ2v) is 5.34. The van der Waals surface area contributed by atoms with Gasteiger partial charge >= 0.3 is 5.97 Å². The summed E-state index contributed by atoms with van der Waals surface area (Å²) in [6, 6.07) is 4.73. The van der Waals surface area contributed by atoms with Gasteiger partial charge in [0.15, 0.2) is 6.61 Å². The summed E-state index contributed by atoms with van der Waals surface area (Å²) >= 11 is 11.6. The standard InChI is InChI=1S/C13H13Cl2NO4/c14-10-2-1-9(5-11(10)15)20-7-12(17)16-4-3-8(6-16)13(18)19/h1-2,5,8H,3-4,6-7H2,(H,18,19)/t8-/m0/s1. The molecular weight excluding hydrogens is 305 g/mol. The third kappa shape index (κ3) is 3.55. The van der Waals surface area contributed by atoms with E-state index in [1.807, 2.05) is 0 Å². The van der Waals surface area contributed by atoms with E-state index in [9.17, 15) is 9.59 Å². The first-order chi connectivity index (χ1) is 9.47. The molecule has 0 unspecified atom stereocenters. The van der Waals surface area contributed by atoms with Crippen LogP contribution in [-0.2, 0) is 9.59 Å². The summed E-state index contributed by atoms with van der Waals surface area (Å²) in [5.74, 6) is -1.14. The lowest BCUT2D eigenvalue weighted by Gasteiger charge is -2.16. The van der Waals surface area contributed by atoms with Gasteiger partial charge in [0.25, 0.3) is 5.91 Å². The summed E-state index contributed by atoms with van der Waals surface area (Å²) in [5, 5.41) is 9.64. The van der Waals surface area contributed by atoms with E-state index in [0.717, 1.165) is 0 Å². The van der Waals surface area contributed by atoms with Crippen LogP contribution in [0.1, 0.15) is 6.42 Å². The SMILES string of the molecule is O=C(O)[C@H]1CCN(C(=O)COc2ccc(Cl)c(Cl)c2)C1. The number of carbonyl (C=O) groups excluding carboxylic acids is 1. The fourth-order valence-corrected chi connectivity index (χ4v) is 2.28. The van der Waals surface area contributed by atoms with Crippen LogP contribution in [0.3, 0.4) is 0 Å². The van der Waals surface area contributed by atoms with Gasteiger partial charge in [-0.2, -0.15) is 0 Å². The van der Waals surface area contributed by atoms with E-state index in [0.29, 0.717) is 28.8 Å². The summed E-state index contributed by atoms with van der Waals surface area (Å²) in [6.07, 6.45) is 0.480. The summed E-state index contributed by atoms with van der Waals surface area (Å²) in [4.78, 5) is 24.2. The molecule has 1 fully saturated rings. The van der Waals surface area contributed by atoms with E-state index in [4.69, 9.17) is 33.0 Å². The van der Waals surface area contributed by atoms with Gasteiger partial charge in [0.05, 0.1) is 16.0 Å². The minimum atomic E-state index is -0.870. The number of hydrogen-bond donors (Lipinski definition) is 1. The molecule has 20 heavy (non-hydrogen) atoms. The molecule has 1 saturated heterocycles. The van der Waals surface area contributed by atoms with Gasteiger partial charge in [-0.05, 0) is 18.6 Å². The Bertz CT molecular complexity index is 535. The van der Waals surface area contributed by atoms with E-state index in [1.165, 1.54) is 11.0 Å². The topological polar surface area (TPSA) is 66.8 Å². The van der Waals surface area contributed by atoms with Crippen LogP contribution >= 0.6 is 23.2 Å². The molecule has 108 valence electrons. The van der Waals surface area contributed by atoms with E-state index in [-0.39, 0.29) is 19.1 Å². The van der Waals surface area contributed by atoms with Gasteiger partial charge < -0.3 is 14.7 Å². The fraction of sp³-hybridized carbons (Fsp3) is 0.385. The maximum absolute atomic E-state index is 11.9. The minimum Gasteiger partial charge on any atom is -0.484 e. The Balaban J connectivity index is 1.86. The lowest BCUT2D eigenvalue weighted by atomic mass is 10.1. The molecule has 0 bridgehead atoms. The van der Waals surface area contributed by atoms with Crippen LogP contribution in [0.15, 0.2) is 18.2 Å². The van der Waals surface area contributed by atoms with E-state index < -0.39 is 11.9 Å². The Morgan fingerprint density at radius 1 is 1.35 bits per heavy atom. The average Bonchev–Trinajstić information content (AvgIpc) is 2.89.